The van der Waals surface area contributed by atoms with Gasteiger partial charge < -0.3 is 19.7 Å². The molecule has 1 aromatic carbocycles. The maximum absolute atomic E-state index is 11.1. The number of ether oxygens (including phenoxy) is 2. The molecule has 0 heterocycles. The number of benzene rings is 1. The lowest BCUT2D eigenvalue weighted by atomic mass is 10.0. The van der Waals surface area contributed by atoms with E-state index in [2.05, 4.69) is 0 Å². The van der Waals surface area contributed by atoms with Crippen molar-refractivity contribution in [1.29, 1.82) is 0 Å². The van der Waals surface area contributed by atoms with Gasteiger partial charge in [-0.1, -0.05) is 24.3 Å². The van der Waals surface area contributed by atoms with Gasteiger partial charge in [-0.3, -0.25) is 0 Å². The van der Waals surface area contributed by atoms with Gasteiger partial charge in [-0.05, 0) is 45.2 Å². The molecule has 0 aromatic heterocycles. The van der Waals surface area contributed by atoms with Crippen LogP contribution < -0.4 is 0 Å². The summed E-state index contributed by atoms with van der Waals surface area (Å²) in [7, 11) is 0. The Kier molecular flexibility index (Phi) is 7.68. The SMILES string of the molecule is CCO[C@@H](Cc1ccc(CCC(O)OC(C)(C)C)cc1)C(=O)O. The second kappa shape index (κ2) is 9.01. The molecule has 0 aliphatic heterocycles. The molecule has 23 heavy (non-hydrogen) atoms. The molecule has 0 amide bonds. The first-order valence-corrected chi connectivity index (χ1v) is 7.99. The summed E-state index contributed by atoms with van der Waals surface area (Å²) >= 11 is 0. The van der Waals surface area contributed by atoms with Gasteiger partial charge in [0.05, 0.1) is 5.60 Å². The second-order valence-corrected chi connectivity index (χ2v) is 6.53. The van der Waals surface area contributed by atoms with Crippen LogP contribution in [0.25, 0.3) is 0 Å². The van der Waals surface area contributed by atoms with Gasteiger partial charge in [0, 0.05) is 19.4 Å². The quantitative estimate of drug-likeness (QED) is 0.683. The Bertz CT molecular complexity index is 475. The normalized spacial score (nSPS) is 14.5. The molecule has 0 saturated carbocycles. The molecule has 1 rings (SSSR count). The molecule has 0 aliphatic rings. The molecule has 0 saturated heterocycles. The van der Waals surface area contributed by atoms with Gasteiger partial charge in [0.2, 0.25) is 0 Å². The third kappa shape index (κ3) is 8.11. The molecule has 1 unspecified atom stereocenters. The van der Waals surface area contributed by atoms with Crippen molar-refractivity contribution in [2.24, 2.45) is 0 Å². The van der Waals surface area contributed by atoms with Gasteiger partial charge >= 0.3 is 5.97 Å². The molecule has 0 aliphatic carbocycles. The standard InChI is InChI=1S/C18H28O5/c1-5-22-15(17(20)21)12-14-8-6-13(7-9-14)10-11-16(19)23-18(2,3)4/h6-9,15-16,19H,5,10-12H2,1-4H3,(H,20,21)/t15-,16?/m0/s1. The number of aliphatic hydroxyl groups is 1. The van der Waals surface area contributed by atoms with Crippen molar-refractivity contribution >= 4 is 5.97 Å². The number of carboxylic acids is 1. The summed E-state index contributed by atoms with van der Waals surface area (Å²) in [5.41, 5.74) is 1.63. The topological polar surface area (TPSA) is 76.0 Å². The summed E-state index contributed by atoms with van der Waals surface area (Å²) in [6.07, 6.45) is -0.0328. The number of rotatable bonds is 9. The van der Waals surface area contributed by atoms with E-state index in [1.165, 1.54) is 0 Å². The van der Waals surface area contributed by atoms with Crippen molar-refractivity contribution in [1.82, 2.24) is 0 Å². The molecule has 1 aromatic rings. The number of carboxylic acid groups (broad SMARTS) is 1. The third-order valence-electron chi connectivity index (χ3n) is 3.26. The van der Waals surface area contributed by atoms with Gasteiger partial charge in [0.15, 0.2) is 12.4 Å². The smallest absolute Gasteiger partial charge is 0.333 e. The zero-order valence-corrected chi connectivity index (χ0v) is 14.4. The van der Waals surface area contributed by atoms with Crippen LogP contribution >= 0.6 is 0 Å². The fraction of sp³-hybridized carbons (Fsp3) is 0.611. The summed E-state index contributed by atoms with van der Waals surface area (Å²) < 4.78 is 10.7. The molecular formula is C18H28O5. The maximum atomic E-state index is 11.1. The van der Waals surface area contributed by atoms with Gasteiger partial charge in [0.1, 0.15) is 0 Å². The summed E-state index contributed by atoms with van der Waals surface area (Å²) in [4.78, 5) is 11.1. The molecule has 0 spiro atoms. The number of aryl methyl sites for hydroxylation is 1. The summed E-state index contributed by atoms with van der Waals surface area (Å²) in [6.45, 7) is 7.87. The molecule has 2 atom stereocenters. The average Bonchev–Trinajstić information content (AvgIpc) is 2.44. The maximum Gasteiger partial charge on any atom is 0.333 e. The summed E-state index contributed by atoms with van der Waals surface area (Å²) in [6, 6.07) is 7.70. The van der Waals surface area contributed by atoms with Crippen LogP contribution in [0.2, 0.25) is 0 Å². The van der Waals surface area contributed by atoms with Crippen LogP contribution in [0.1, 0.15) is 45.2 Å². The van der Waals surface area contributed by atoms with Gasteiger partial charge in [-0.25, -0.2) is 4.79 Å². The highest BCUT2D eigenvalue weighted by Crippen LogP contribution is 2.15. The Hall–Kier alpha value is -1.43. The minimum Gasteiger partial charge on any atom is -0.479 e. The molecule has 0 bridgehead atoms. The highest BCUT2D eigenvalue weighted by atomic mass is 16.6. The van der Waals surface area contributed by atoms with E-state index in [0.29, 0.717) is 25.9 Å². The number of carbonyl (C=O) groups is 1. The molecule has 5 nitrogen and oxygen atoms in total. The molecule has 5 heteroatoms. The first-order chi connectivity index (χ1) is 10.7. The van der Waals surface area contributed by atoms with Crippen LogP contribution in [0.3, 0.4) is 0 Å². The minimum absolute atomic E-state index is 0.346. The van der Waals surface area contributed by atoms with Crippen LogP contribution in [0.15, 0.2) is 24.3 Å². The highest BCUT2D eigenvalue weighted by Gasteiger charge is 2.18. The van der Waals surface area contributed by atoms with Crippen molar-refractivity contribution in [2.45, 2.75) is 65.0 Å². The number of hydrogen-bond donors (Lipinski definition) is 2. The van der Waals surface area contributed by atoms with Gasteiger partial charge in [0.25, 0.3) is 0 Å². The molecule has 2 N–H and O–H groups in total. The molecule has 0 radical (unpaired) electrons. The van der Waals surface area contributed by atoms with Crippen molar-refractivity contribution < 1.29 is 24.5 Å². The predicted molar refractivity (Wildman–Crippen MR) is 88.4 cm³/mol. The van der Waals surface area contributed by atoms with Crippen LogP contribution in [0.5, 0.6) is 0 Å². The summed E-state index contributed by atoms with van der Waals surface area (Å²) in [5.74, 6) is -0.946. The van der Waals surface area contributed by atoms with Crippen molar-refractivity contribution in [3.63, 3.8) is 0 Å². The first kappa shape index (κ1) is 19.6. The van der Waals surface area contributed by atoms with E-state index in [1.54, 1.807) is 6.92 Å². The number of hydrogen-bond acceptors (Lipinski definition) is 4. The fourth-order valence-corrected chi connectivity index (χ4v) is 2.23. The predicted octanol–water partition coefficient (Wildman–Crippen LogP) is 2.78. The molecule has 0 fully saturated rings. The van der Waals surface area contributed by atoms with Crippen LogP contribution in [-0.4, -0.2) is 40.8 Å². The lowest BCUT2D eigenvalue weighted by Gasteiger charge is -2.23. The number of aliphatic hydroxyl groups excluding tert-OH is 1. The van der Waals surface area contributed by atoms with E-state index >= 15 is 0 Å². The van der Waals surface area contributed by atoms with Crippen LogP contribution in [-0.2, 0) is 27.1 Å². The largest absolute Gasteiger partial charge is 0.479 e. The monoisotopic (exact) mass is 324 g/mol. The van der Waals surface area contributed by atoms with E-state index in [1.807, 2.05) is 45.0 Å². The Morgan fingerprint density at radius 1 is 1.17 bits per heavy atom. The van der Waals surface area contributed by atoms with E-state index in [0.717, 1.165) is 11.1 Å². The zero-order chi connectivity index (χ0) is 17.5. The minimum atomic E-state index is -0.946. The lowest BCUT2D eigenvalue weighted by Crippen LogP contribution is -2.27. The van der Waals surface area contributed by atoms with Crippen LogP contribution in [0.4, 0.5) is 0 Å². The highest BCUT2D eigenvalue weighted by molar-refractivity contribution is 5.72. The van der Waals surface area contributed by atoms with E-state index in [4.69, 9.17) is 14.6 Å². The lowest BCUT2D eigenvalue weighted by molar-refractivity contribution is -0.167. The summed E-state index contributed by atoms with van der Waals surface area (Å²) in [5, 5.41) is 18.9. The van der Waals surface area contributed by atoms with Crippen molar-refractivity contribution in [3.05, 3.63) is 35.4 Å². The Balaban J connectivity index is 2.51. The Labute approximate surface area is 138 Å². The van der Waals surface area contributed by atoms with Crippen molar-refractivity contribution in [3.8, 4) is 0 Å². The Morgan fingerprint density at radius 2 is 1.74 bits per heavy atom. The van der Waals surface area contributed by atoms with Crippen molar-refractivity contribution in [2.75, 3.05) is 6.61 Å². The van der Waals surface area contributed by atoms with E-state index in [9.17, 15) is 9.90 Å². The molecule has 130 valence electrons. The number of aliphatic carboxylic acids is 1. The van der Waals surface area contributed by atoms with Gasteiger partial charge in [-0.15, -0.1) is 0 Å². The molecular weight excluding hydrogens is 296 g/mol. The van der Waals surface area contributed by atoms with E-state index < -0.39 is 18.4 Å². The van der Waals surface area contributed by atoms with Gasteiger partial charge in [-0.2, -0.15) is 0 Å². The first-order valence-electron chi connectivity index (χ1n) is 7.99. The fourth-order valence-electron chi connectivity index (χ4n) is 2.23. The third-order valence-corrected chi connectivity index (χ3v) is 3.26. The van der Waals surface area contributed by atoms with E-state index in [-0.39, 0.29) is 5.60 Å². The average molecular weight is 324 g/mol. The Morgan fingerprint density at radius 3 is 2.22 bits per heavy atom. The zero-order valence-electron chi connectivity index (χ0n) is 14.4. The van der Waals surface area contributed by atoms with Crippen LogP contribution in [0, 0.1) is 0 Å². The second-order valence-electron chi connectivity index (χ2n) is 6.53.